The molecule has 1 aromatic heterocycles. The zero-order valence-electron chi connectivity index (χ0n) is 15.3. The first kappa shape index (κ1) is 17.6. The van der Waals surface area contributed by atoms with Crippen molar-refractivity contribution in [3.8, 4) is 0 Å². The van der Waals surface area contributed by atoms with E-state index in [1.807, 2.05) is 11.1 Å². The number of hydrogen-bond donors (Lipinski definition) is 0. The lowest BCUT2D eigenvalue weighted by atomic mass is 9.80. The summed E-state index contributed by atoms with van der Waals surface area (Å²) in [5.41, 5.74) is 1.88. The highest BCUT2D eigenvalue weighted by atomic mass is 16.5. The van der Waals surface area contributed by atoms with Gasteiger partial charge >= 0.3 is 0 Å². The van der Waals surface area contributed by atoms with Crippen LogP contribution >= 0.6 is 0 Å². The van der Waals surface area contributed by atoms with Gasteiger partial charge < -0.3 is 24.0 Å². The van der Waals surface area contributed by atoms with Crippen LogP contribution in [0.2, 0.25) is 0 Å². The van der Waals surface area contributed by atoms with E-state index in [9.17, 15) is 4.79 Å². The molecular weight excluding hydrogens is 336 g/mol. The van der Waals surface area contributed by atoms with Crippen LogP contribution in [0.1, 0.15) is 24.1 Å². The smallest absolute Gasteiger partial charge is 0.225 e. The third-order valence-corrected chi connectivity index (χ3v) is 5.51. The molecule has 3 aliphatic heterocycles. The molecule has 1 aromatic rings. The van der Waals surface area contributed by atoms with Crippen LogP contribution in [0.5, 0.6) is 0 Å². The predicted molar refractivity (Wildman–Crippen MR) is 94.1 cm³/mol. The van der Waals surface area contributed by atoms with E-state index in [0.29, 0.717) is 46.0 Å². The van der Waals surface area contributed by atoms with Gasteiger partial charge in [0, 0.05) is 45.0 Å². The third kappa shape index (κ3) is 3.28. The van der Waals surface area contributed by atoms with Crippen LogP contribution in [0.3, 0.4) is 0 Å². The Balaban J connectivity index is 1.57. The summed E-state index contributed by atoms with van der Waals surface area (Å²) in [6.45, 7) is 6.02. The molecule has 4 heterocycles. The minimum absolute atomic E-state index is 0.137. The first-order valence-corrected chi connectivity index (χ1v) is 9.25. The van der Waals surface area contributed by atoms with Gasteiger partial charge in [0.25, 0.3) is 0 Å². The highest BCUT2D eigenvalue weighted by Crippen LogP contribution is 2.39. The number of carbonyl (C=O) groups is 1. The van der Waals surface area contributed by atoms with E-state index < -0.39 is 0 Å². The largest absolute Gasteiger partial charge is 0.384 e. The molecule has 0 bridgehead atoms. The van der Waals surface area contributed by atoms with Gasteiger partial charge in [-0.15, -0.1) is 0 Å². The van der Waals surface area contributed by atoms with Crippen molar-refractivity contribution in [3.63, 3.8) is 0 Å². The molecule has 8 heteroatoms. The minimum atomic E-state index is -0.222. The summed E-state index contributed by atoms with van der Waals surface area (Å²) in [4.78, 5) is 26.0. The van der Waals surface area contributed by atoms with E-state index in [4.69, 9.17) is 19.2 Å². The van der Waals surface area contributed by atoms with E-state index in [1.54, 1.807) is 7.11 Å². The zero-order valence-corrected chi connectivity index (χ0v) is 15.3. The van der Waals surface area contributed by atoms with Crippen molar-refractivity contribution in [3.05, 3.63) is 17.5 Å². The van der Waals surface area contributed by atoms with Gasteiger partial charge in [0.05, 0.1) is 50.6 Å². The maximum absolute atomic E-state index is 12.4. The molecular formula is C18H26N4O4. The molecule has 0 saturated carbocycles. The van der Waals surface area contributed by atoms with Gasteiger partial charge in [0.15, 0.2) is 0 Å². The monoisotopic (exact) mass is 362 g/mol. The molecule has 2 fully saturated rings. The predicted octanol–water partition coefficient (Wildman–Crippen LogP) is 0.350. The number of ether oxygens (including phenoxy) is 3. The lowest BCUT2D eigenvalue weighted by molar-refractivity contribution is -0.131. The molecule has 142 valence electrons. The number of morpholine rings is 1. The van der Waals surface area contributed by atoms with Gasteiger partial charge in [0.2, 0.25) is 11.9 Å². The second-order valence-electron chi connectivity index (χ2n) is 7.22. The van der Waals surface area contributed by atoms with E-state index in [1.165, 1.54) is 0 Å². The number of amides is 1. The van der Waals surface area contributed by atoms with Crippen LogP contribution in [-0.4, -0.2) is 80.5 Å². The quantitative estimate of drug-likeness (QED) is 0.765. The van der Waals surface area contributed by atoms with Crippen molar-refractivity contribution in [2.75, 3.05) is 64.6 Å². The van der Waals surface area contributed by atoms with Crippen molar-refractivity contribution in [2.24, 2.45) is 0 Å². The number of anilines is 1. The van der Waals surface area contributed by atoms with Crippen LogP contribution in [0.25, 0.3) is 0 Å². The average Bonchev–Trinajstić information content (AvgIpc) is 3.12. The fraction of sp³-hybridized carbons (Fsp3) is 0.722. The molecule has 4 rings (SSSR count). The van der Waals surface area contributed by atoms with Crippen LogP contribution in [0.15, 0.2) is 6.20 Å². The van der Waals surface area contributed by atoms with Crippen molar-refractivity contribution < 1.29 is 19.0 Å². The summed E-state index contributed by atoms with van der Waals surface area (Å²) in [5, 5.41) is 0. The molecule has 0 N–H and O–H groups in total. The van der Waals surface area contributed by atoms with Crippen molar-refractivity contribution in [1.29, 1.82) is 0 Å². The summed E-state index contributed by atoms with van der Waals surface area (Å²) in [6.07, 6.45) is 3.19. The molecule has 3 aliphatic rings. The first-order chi connectivity index (χ1) is 12.7. The second-order valence-corrected chi connectivity index (χ2v) is 7.22. The van der Waals surface area contributed by atoms with Gasteiger partial charge in [-0.1, -0.05) is 0 Å². The van der Waals surface area contributed by atoms with Gasteiger partial charge in [-0.25, -0.2) is 9.97 Å². The Bertz CT molecular complexity index is 665. The topological polar surface area (TPSA) is 77.0 Å². The summed E-state index contributed by atoms with van der Waals surface area (Å²) >= 11 is 0. The molecule has 1 spiro atoms. The lowest BCUT2D eigenvalue weighted by Gasteiger charge is -2.35. The Morgan fingerprint density at radius 1 is 1.31 bits per heavy atom. The zero-order chi connectivity index (χ0) is 18.0. The number of nitrogens with zero attached hydrogens (tertiary/aromatic N) is 4. The fourth-order valence-corrected chi connectivity index (χ4v) is 4.05. The SMILES string of the molecule is COCCC(=O)N1CC[C@]2(COCc3cnc(N4CCOCC4)nc32)C1. The summed E-state index contributed by atoms with van der Waals surface area (Å²) in [7, 11) is 1.62. The van der Waals surface area contributed by atoms with Crippen LogP contribution in [0, 0.1) is 0 Å². The maximum Gasteiger partial charge on any atom is 0.225 e. The normalized spacial score (nSPS) is 25.6. The maximum atomic E-state index is 12.4. The summed E-state index contributed by atoms with van der Waals surface area (Å²) < 4.78 is 16.3. The lowest BCUT2D eigenvalue weighted by Crippen LogP contribution is -2.43. The number of likely N-dealkylation sites (tertiary alicyclic amines) is 1. The number of methoxy groups -OCH3 is 1. The van der Waals surface area contributed by atoms with Crippen molar-refractivity contribution in [1.82, 2.24) is 14.9 Å². The van der Waals surface area contributed by atoms with Gasteiger partial charge in [-0.2, -0.15) is 0 Å². The Hall–Kier alpha value is -1.77. The van der Waals surface area contributed by atoms with Crippen molar-refractivity contribution in [2.45, 2.75) is 24.9 Å². The highest BCUT2D eigenvalue weighted by molar-refractivity contribution is 5.77. The third-order valence-electron chi connectivity index (χ3n) is 5.51. The summed E-state index contributed by atoms with van der Waals surface area (Å²) in [5.74, 6) is 0.899. The fourth-order valence-electron chi connectivity index (χ4n) is 4.05. The standard InChI is InChI=1S/C18H26N4O4/c1-24-7-2-15(23)22-4-3-18(12-22)13-26-11-14-10-19-17(20-16(14)18)21-5-8-25-9-6-21/h10H,2-9,11-13H2,1H3/t18-/m1/s1. The summed E-state index contributed by atoms with van der Waals surface area (Å²) in [6, 6.07) is 0. The average molecular weight is 362 g/mol. The molecule has 0 radical (unpaired) electrons. The van der Waals surface area contributed by atoms with Gasteiger partial charge in [-0.05, 0) is 6.42 Å². The molecule has 2 saturated heterocycles. The van der Waals surface area contributed by atoms with E-state index in [2.05, 4.69) is 9.88 Å². The highest BCUT2D eigenvalue weighted by Gasteiger charge is 2.46. The molecule has 0 aromatic carbocycles. The van der Waals surface area contributed by atoms with Gasteiger partial charge in [-0.3, -0.25) is 4.79 Å². The minimum Gasteiger partial charge on any atom is -0.384 e. The Morgan fingerprint density at radius 2 is 2.15 bits per heavy atom. The molecule has 0 aliphatic carbocycles. The molecule has 0 unspecified atom stereocenters. The molecule has 26 heavy (non-hydrogen) atoms. The number of rotatable bonds is 4. The molecule has 1 atom stereocenters. The molecule has 1 amide bonds. The van der Waals surface area contributed by atoms with Gasteiger partial charge in [0.1, 0.15) is 0 Å². The number of hydrogen-bond acceptors (Lipinski definition) is 7. The number of aromatic nitrogens is 2. The number of fused-ring (bicyclic) bond motifs is 2. The van der Waals surface area contributed by atoms with E-state index in [-0.39, 0.29) is 11.3 Å². The van der Waals surface area contributed by atoms with Crippen LogP contribution in [0.4, 0.5) is 5.95 Å². The van der Waals surface area contributed by atoms with E-state index in [0.717, 1.165) is 43.3 Å². The molecule has 8 nitrogen and oxygen atoms in total. The van der Waals surface area contributed by atoms with E-state index >= 15 is 0 Å². The number of carbonyl (C=O) groups excluding carboxylic acids is 1. The Morgan fingerprint density at radius 3 is 2.96 bits per heavy atom. The Labute approximate surface area is 153 Å². The second kappa shape index (κ2) is 7.46. The first-order valence-electron chi connectivity index (χ1n) is 9.25. The van der Waals surface area contributed by atoms with Crippen LogP contribution in [-0.2, 0) is 31.0 Å². The van der Waals surface area contributed by atoms with Crippen molar-refractivity contribution >= 4 is 11.9 Å². The van der Waals surface area contributed by atoms with Crippen LogP contribution < -0.4 is 4.90 Å². The Kier molecular flexibility index (Phi) is 5.06.